The Labute approximate surface area is 155 Å². The number of piperazine rings is 1. The second-order valence-corrected chi connectivity index (χ2v) is 7.84. The minimum atomic E-state index is -0.461. The van der Waals surface area contributed by atoms with Gasteiger partial charge in [0.1, 0.15) is 5.60 Å². The van der Waals surface area contributed by atoms with Crippen LogP contribution in [0.25, 0.3) is 16.5 Å². The molecule has 1 aliphatic rings. The van der Waals surface area contributed by atoms with Crippen molar-refractivity contribution >= 4 is 28.3 Å². The fourth-order valence-corrected chi connectivity index (χ4v) is 3.03. The van der Waals surface area contributed by atoms with E-state index in [4.69, 9.17) is 4.74 Å². The largest absolute Gasteiger partial charge is 0.444 e. The standard InChI is InChI=1S/C21H27N3O2/c1-15(2)16-6-7-19-17(12-16)13-18(14-22-19)23-8-10-24(11-9-23)20(25)26-21(3,4)5/h6-7,12-14H,1,8-11H2,2-5H3. The van der Waals surface area contributed by atoms with Crippen molar-refractivity contribution in [1.29, 1.82) is 0 Å². The highest BCUT2D eigenvalue weighted by molar-refractivity contribution is 5.85. The minimum Gasteiger partial charge on any atom is -0.444 e. The van der Waals surface area contributed by atoms with Crippen molar-refractivity contribution in [3.8, 4) is 0 Å². The summed E-state index contributed by atoms with van der Waals surface area (Å²) in [6.07, 6.45) is 1.67. The molecule has 0 saturated carbocycles. The summed E-state index contributed by atoms with van der Waals surface area (Å²) in [5, 5.41) is 1.11. The number of fused-ring (bicyclic) bond motifs is 1. The predicted molar refractivity (Wildman–Crippen MR) is 106 cm³/mol. The van der Waals surface area contributed by atoms with E-state index in [0.717, 1.165) is 40.8 Å². The second kappa shape index (κ2) is 6.98. The maximum atomic E-state index is 12.2. The summed E-state index contributed by atoms with van der Waals surface area (Å²) < 4.78 is 5.46. The lowest BCUT2D eigenvalue weighted by Crippen LogP contribution is -2.50. The first-order chi connectivity index (χ1) is 12.2. The monoisotopic (exact) mass is 353 g/mol. The van der Waals surface area contributed by atoms with Crippen molar-refractivity contribution in [1.82, 2.24) is 9.88 Å². The van der Waals surface area contributed by atoms with Crippen LogP contribution < -0.4 is 4.90 Å². The van der Waals surface area contributed by atoms with Gasteiger partial charge in [-0.25, -0.2) is 4.79 Å². The number of carbonyl (C=O) groups is 1. The SMILES string of the molecule is C=C(C)c1ccc2ncc(N3CCN(C(=O)OC(C)(C)C)CC3)cc2c1. The average molecular weight is 353 g/mol. The molecule has 26 heavy (non-hydrogen) atoms. The Bertz CT molecular complexity index is 831. The number of carbonyl (C=O) groups excluding carboxylic acids is 1. The first-order valence-corrected chi connectivity index (χ1v) is 9.01. The van der Waals surface area contributed by atoms with Crippen LogP contribution in [0.15, 0.2) is 37.0 Å². The van der Waals surface area contributed by atoms with Crippen molar-refractivity contribution in [3.63, 3.8) is 0 Å². The van der Waals surface area contributed by atoms with Gasteiger partial charge in [-0.15, -0.1) is 0 Å². The Morgan fingerprint density at radius 1 is 1.15 bits per heavy atom. The number of rotatable bonds is 2. The molecule has 1 saturated heterocycles. The van der Waals surface area contributed by atoms with E-state index in [9.17, 15) is 4.79 Å². The molecule has 1 aromatic heterocycles. The van der Waals surface area contributed by atoms with Crippen LogP contribution in [-0.4, -0.2) is 47.8 Å². The molecule has 3 rings (SSSR count). The van der Waals surface area contributed by atoms with Crippen molar-refractivity contribution in [2.75, 3.05) is 31.1 Å². The van der Waals surface area contributed by atoms with Crippen LogP contribution in [0.4, 0.5) is 10.5 Å². The molecule has 138 valence electrons. The van der Waals surface area contributed by atoms with Gasteiger partial charge in [-0.2, -0.15) is 0 Å². The number of pyridine rings is 1. The molecule has 0 unspecified atom stereocenters. The number of ether oxygens (including phenoxy) is 1. The zero-order valence-electron chi connectivity index (χ0n) is 16.1. The first kappa shape index (κ1) is 18.2. The fourth-order valence-electron chi connectivity index (χ4n) is 3.03. The molecule has 0 radical (unpaired) electrons. The highest BCUT2D eigenvalue weighted by Crippen LogP contribution is 2.24. The molecule has 2 aromatic rings. The number of hydrogen-bond acceptors (Lipinski definition) is 4. The van der Waals surface area contributed by atoms with Crippen LogP contribution in [0.5, 0.6) is 0 Å². The first-order valence-electron chi connectivity index (χ1n) is 9.01. The van der Waals surface area contributed by atoms with Gasteiger partial charge in [0.2, 0.25) is 0 Å². The van der Waals surface area contributed by atoms with Crippen LogP contribution in [0.2, 0.25) is 0 Å². The lowest BCUT2D eigenvalue weighted by Gasteiger charge is -2.36. The Balaban J connectivity index is 1.71. The number of benzene rings is 1. The van der Waals surface area contributed by atoms with Gasteiger partial charge < -0.3 is 14.5 Å². The third kappa shape index (κ3) is 4.15. The van der Waals surface area contributed by atoms with E-state index in [0.29, 0.717) is 13.1 Å². The smallest absolute Gasteiger partial charge is 0.410 e. The molecule has 2 heterocycles. The molecule has 5 nitrogen and oxygen atoms in total. The Kier molecular flexibility index (Phi) is 4.90. The Morgan fingerprint density at radius 3 is 2.46 bits per heavy atom. The van der Waals surface area contributed by atoms with Crippen LogP contribution in [-0.2, 0) is 4.74 Å². The third-order valence-corrected chi connectivity index (χ3v) is 4.46. The van der Waals surface area contributed by atoms with E-state index in [1.165, 1.54) is 0 Å². The maximum Gasteiger partial charge on any atom is 0.410 e. The molecule has 1 amide bonds. The summed E-state index contributed by atoms with van der Waals surface area (Å²) in [5.74, 6) is 0. The molecule has 0 bridgehead atoms. The van der Waals surface area contributed by atoms with Gasteiger partial charge in [0.25, 0.3) is 0 Å². The highest BCUT2D eigenvalue weighted by atomic mass is 16.6. The average Bonchev–Trinajstić information content (AvgIpc) is 2.59. The van der Waals surface area contributed by atoms with Crippen LogP contribution in [0.3, 0.4) is 0 Å². The third-order valence-electron chi connectivity index (χ3n) is 4.46. The molecule has 0 atom stereocenters. The summed E-state index contributed by atoms with van der Waals surface area (Å²) in [6.45, 7) is 14.5. The summed E-state index contributed by atoms with van der Waals surface area (Å²) in [5.41, 5.74) is 3.78. The van der Waals surface area contributed by atoms with E-state index in [1.807, 2.05) is 40.0 Å². The Hall–Kier alpha value is -2.56. The van der Waals surface area contributed by atoms with Gasteiger partial charge in [0.15, 0.2) is 0 Å². The van der Waals surface area contributed by atoms with Crippen molar-refractivity contribution in [3.05, 3.63) is 42.6 Å². The lowest BCUT2D eigenvalue weighted by atomic mass is 10.1. The van der Waals surface area contributed by atoms with E-state index >= 15 is 0 Å². The van der Waals surface area contributed by atoms with E-state index in [1.54, 1.807) is 4.90 Å². The molecule has 0 aliphatic carbocycles. The van der Waals surface area contributed by atoms with Crippen LogP contribution >= 0.6 is 0 Å². The maximum absolute atomic E-state index is 12.2. The fraction of sp³-hybridized carbons (Fsp3) is 0.429. The molecule has 1 aromatic carbocycles. The molecule has 0 N–H and O–H groups in total. The minimum absolute atomic E-state index is 0.236. The van der Waals surface area contributed by atoms with E-state index in [-0.39, 0.29) is 6.09 Å². The zero-order chi connectivity index (χ0) is 18.9. The van der Waals surface area contributed by atoms with Gasteiger partial charge in [0, 0.05) is 31.6 Å². The number of aromatic nitrogens is 1. The molecule has 0 spiro atoms. The van der Waals surface area contributed by atoms with E-state index in [2.05, 4.69) is 34.7 Å². The number of anilines is 1. The predicted octanol–water partition coefficient (Wildman–Crippen LogP) is 4.33. The number of amides is 1. The van der Waals surface area contributed by atoms with Gasteiger partial charge in [-0.05, 0) is 51.5 Å². The summed E-state index contributed by atoms with van der Waals surface area (Å²) in [7, 11) is 0. The number of allylic oxidation sites excluding steroid dienone is 1. The lowest BCUT2D eigenvalue weighted by molar-refractivity contribution is 0.0240. The van der Waals surface area contributed by atoms with Crippen LogP contribution in [0.1, 0.15) is 33.3 Å². The van der Waals surface area contributed by atoms with Crippen molar-refractivity contribution < 1.29 is 9.53 Å². The summed E-state index contributed by atoms with van der Waals surface area (Å²) in [6, 6.07) is 8.38. The number of hydrogen-bond donors (Lipinski definition) is 0. The van der Waals surface area contributed by atoms with Gasteiger partial charge in [0.05, 0.1) is 17.4 Å². The van der Waals surface area contributed by atoms with Crippen molar-refractivity contribution in [2.45, 2.75) is 33.3 Å². The highest BCUT2D eigenvalue weighted by Gasteiger charge is 2.26. The van der Waals surface area contributed by atoms with Crippen LogP contribution in [0, 0.1) is 0 Å². The topological polar surface area (TPSA) is 45.7 Å². The molecular weight excluding hydrogens is 326 g/mol. The summed E-state index contributed by atoms with van der Waals surface area (Å²) >= 11 is 0. The quantitative estimate of drug-likeness (QED) is 0.806. The summed E-state index contributed by atoms with van der Waals surface area (Å²) in [4.78, 5) is 20.8. The zero-order valence-corrected chi connectivity index (χ0v) is 16.1. The number of nitrogens with zero attached hydrogens (tertiary/aromatic N) is 3. The normalized spacial score (nSPS) is 15.2. The molecule has 1 fully saturated rings. The Morgan fingerprint density at radius 2 is 1.85 bits per heavy atom. The molecular formula is C21H27N3O2. The van der Waals surface area contributed by atoms with Gasteiger partial charge in [-0.1, -0.05) is 18.2 Å². The molecule has 5 heteroatoms. The van der Waals surface area contributed by atoms with Gasteiger partial charge >= 0.3 is 6.09 Å². The van der Waals surface area contributed by atoms with Gasteiger partial charge in [-0.3, -0.25) is 4.98 Å². The van der Waals surface area contributed by atoms with Crippen molar-refractivity contribution in [2.24, 2.45) is 0 Å². The van der Waals surface area contributed by atoms with E-state index < -0.39 is 5.60 Å². The molecule has 1 aliphatic heterocycles. The second-order valence-electron chi connectivity index (χ2n) is 7.84.